The monoisotopic (exact) mass is 360 g/mol. The lowest BCUT2D eigenvalue weighted by atomic mass is 10.1. The largest absolute Gasteiger partial charge is 0.341 e. The lowest BCUT2D eigenvalue weighted by Gasteiger charge is -2.32. The van der Waals surface area contributed by atoms with Gasteiger partial charge < -0.3 is 20.4 Å². The predicted octanol–water partition coefficient (Wildman–Crippen LogP) is 1.87. The smallest absolute Gasteiger partial charge is 0.315 e. The minimum atomic E-state index is -0.0371. The molecular weight excluding hydrogens is 328 g/mol. The zero-order valence-corrected chi connectivity index (χ0v) is 15.9. The summed E-state index contributed by atoms with van der Waals surface area (Å²) in [6.07, 6.45) is 9.38. The van der Waals surface area contributed by atoms with Crippen molar-refractivity contribution < 1.29 is 4.79 Å². The van der Waals surface area contributed by atoms with Crippen molar-refractivity contribution >= 4 is 12.0 Å². The highest BCUT2D eigenvalue weighted by Crippen LogP contribution is 2.15. The van der Waals surface area contributed by atoms with Gasteiger partial charge in [0.25, 0.3) is 0 Å². The summed E-state index contributed by atoms with van der Waals surface area (Å²) in [5, 5.41) is 6.17. The fourth-order valence-electron chi connectivity index (χ4n) is 3.83. The van der Waals surface area contributed by atoms with Crippen LogP contribution in [0.4, 0.5) is 10.7 Å². The average molecular weight is 361 g/mol. The second-order valence-corrected chi connectivity index (χ2v) is 7.63. The summed E-state index contributed by atoms with van der Waals surface area (Å²) >= 11 is 0. The number of carbonyl (C=O) groups is 1. The first-order valence-corrected chi connectivity index (χ1v) is 9.99. The zero-order chi connectivity index (χ0) is 18.2. The fourth-order valence-corrected chi connectivity index (χ4v) is 3.83. The maximum absolute atomic E-state index is 12.2. The molecule has 1 aromatic rings. The summed E-state index contributed by atoms with van der Waals surface area (Å²) in [4.78, 5) is 25.5. The molecule has 2 aliphatic rings. The zero-order valence-electron chi connectivity index (χ0n) is 15.9. The molecule has 2 aliphatic heterocycles. The number of anilines is 1. The Morgan fingerprint density at radius 3 is 2.54 bits per heavy atom. The standard InChI is InChI=1S/C19H32N6O/c1-16(15-24-10-3-2-4-11-24)14-22-19(26)23-17-6-12-25(13-7-17)18-20-8-5-9-21-18/h5,8-9,16-17H,2-4,6-7,10-15H2,1H3,(H2,22,23,26). The van der Waals surface area contributed by atoms with Crippen LogP contribution in [-0.4, -0.2) is 66.2 Å². The molecular formula is C19H32N6O. The van der Waals surface area contributed by atoms with Gasteiger partial charge in [-0.05, 0) is 50.8 Å². The Hall–Kier alpha value is -1.89. The normalized spacial score (nSPS) is 20.6. The molecule has 3 heterocycles. The van der Waals surface area contributed by atoms with Crippen LogP contribution >= 0.6 is 0 Å². The first-order valence-electron chi connectivity index (χ1n) is 9.99. The Balaban J connectivity index is 1.31. The van der Waals surface area contributed by atoms with Crippen LogP contribution in [0.25, 0.3) is 0 Å². The van der Waals surface area contributed by atoms with Crippen LogP contribution in [-0.2, 0) is 0 Å². The third-order valence-electron chi connectivity index (χ3n) is 5.29. The molecule has 0 spiro atoms. The maximum Gasteiger partial charge on any atom is 0.315 e. The van der Waals surface area contributed by atoms with Crippen LogP contribution in [0.3, 0.4) is 0 Å². The number of likely N-dealkylation sites (tertiary alicyclic amines) is 1. The second-order valence-electron chi connectivity index (χ2n) is 7.63. The van der Waals surface area contributed by atoms with Crippen LogP contribution in [0, 0.1) is 5.92 Å². The lowest BCUT2D eigenvalue weighted by Crippen LogP contribution is -2.49. The Bertz CT molecular complexity index is 540. The highest BCUT2D eigenvalue weighted by Gasteiger charge is 2.22. The van der Waals surface area contributed by atoms with Gasteiger partial charge in [0.15, 0.2) is 0 Å². The van der Waals surface area contributed by atoms with Gasteiger partial charge in [-0.1, -0.05) is 13.3 Å². The van der Waals surface area contributed by atoms with Gasteiger partial charge in [-0.2, -0.15) is 0 Å². The molecule has 2 saturated heterocycles. The van der Waals surface area contributed by atoms with Crippen LogP contribution in [0.15, 0.2) is 18.5 Å². The third-order valence-corrected chi connectivity index (χ3v) is 5.29. The topological polar surface area (TPSA) is 73.4 Å². The molecule has 1 aromatic heterocycles. The Kier molecular flexibility index (Phi) is 7.05. The summed E-state index contributed by atoms with van der Waals surface area (Å²) in [6, 6.07) is 2.02. The van der Waals surface area contributed by atoms with E-state index in [0.29, 0.717) is 5.92 Å². The van der Waals surface area contributed by atoms with E-state index in [9.17, 15) is 4.79 Å². The molecule has 0 radical (unpaired) electrons. The number of nitrogens with zero attached hydrogens (tertiary/aromatic N) is 4. The second kappa shape index (κ2) is 9.71. The van der Waals surface area contributed by atoms with E-state index in [-0.39, 0.29) is 12.1 Å². The molecule has 26 heavy (non-hydrogen) atoms. The lowest BCUT2D eigenvalue weighted by molar-refractivity contribution is 0.196. The summed E-state index contributed by atoms with van der Waals surface area (Å²) < 4.78 is 0. The summed E-state index contributed by atoms with van der Waals surface area (Å²) in [5.74, 6) is 1.26. The van der Waals surface area contributed by atoms with Crippen LogP contribution in [0.5, 0.6) is 0 Å². The molecule has 1 atom stereocenters. The summed E-state index contributed by atoms with van der Waals surface area (Å²) in [5.41, 5.74) is 0. The number of urea groups is 1. The molecule has 0 bridgehead atoms. The van der Waals surface area contributed by atoms with E-state index in [1.54, 1.807) is 12.4 Å². The van der Waals surface area contributed by atoms with Gasteiger partial charge in [0.2, 0.25) is 5.95 Å². The minimum Gasteiger partial charge on any atom is -0.341 e. The Morgan fingerprint density at radius 1 is 1.15 bits per heavy atom. The molecule has 3 rings (SSSR count). The highest BCUT2D eigenvalue weighted by molar-refractivity contribution is 5.74. The van der Waals surface area contributed by atoms with Crippen molar-refractivity contribution in [3.8, 4) is 0 Å². The van der Waals surface area contributed by atoms with Crippen molar-refractivity contribution in [2.24, 2.45) is 5.92 Å². The van der Waals surface area contributed by atoms with Crippen molar-refractivity contribution in [3.05, 3.63) is 18.5 Å². The van der Waals surface area contributed by atoms with Gasteiger partial charge in [0.05, 0.1) is 0 Å². The molecule has 7 heteroatoms. The van der Waals surface area contributed by atoms with Crippen molar-refractivity contribution in [3.63, 3.8) is 0 Å². The number of carbonyl (C=O) groups excluding carboxylic acids is 1. The van der Waals surface area contributed by atoms with E-state index in [4.69, 9.17) is 0 Å². The number of aromatic nitrogens is 2. The number of rotatable bonds is 6. The molecule has 0 aromatic carbocycles. The number of amides is 2. The molecule has 2 amide bonds. The summed E-state index contributed by atoms with van der Waals surface area (Å²) in [6.45, 7) is 8.20. The maximum atomic E-state index is 12.2. The van der Waals surface area contributed by atoms with E-state index < -0.39 is 0 Å². The van der Waals surface area contributed by atoms with Crippen molar-refractivity contribution in [2.75, 3.05) is 44.2 Å². The van der Waals surface area contributed by atoms with E-state index in [1.165, 1.54) is 32.4 Å². The van der Waals surface area contributed by atoms with Crippen LogP contribution < -0.4 is 15.5 Å². The number of hydrogen-bond donors (Lipinski definition) is 2. The van der Waals surface area contributed by atoms with E-state index in [1.807, 2.05) is 6.07 Å². The fraction of sp³-hybridized carbons (Fsp3) is 0.737. The quantitative estimate of drug-likeness (QED) is 0.810. The van der Waals surface area contributed by atoms with Gasteiger partial charge in [0, 0.05) is 44.6 Å². The van der Waals surface area contributed by atoms with Crippen molar-refractivity contribution in [1.82, 2.24) is 25.5 Å². The van der Waals surface area contributed by atoms with Crippen molar-refractivity contribution in [2.45, 2.75) is 45.1 Å². The van der Waals surface area contributed by atoms with Crippen LogP contribution in [0.2, 0.25) is 0 Å². The molecule has 0 saturated carbocycles. The van der Waals surface area contributed by atoms with E-state index in [0.717, 1.165) is 45.0 Å². The van der Waals surface area contributed by atoms with Gasteiger partial charge in [-0.25, -0.2) is 14.8 Å². The highest BCUT2D eigenvalue weighted by atomic mass is 16.2. The Labute approximate surface area is 156 Å². The molecule has 144 valence electrons. The number of hydrogen-bond acceptors (Lipinski definition) is 5. The van der Waals surface area contributed by atoms with Crippen molar-refractivity contribution in [1.29, 1.82) is 0 Å². The summed E-state index contributed by atoms with van der Waals surface area (Å²) in [7, 11) is 0. The van der Waals surface area contributed by atoms with E-state index in [2.05, 4.69) is 37.3 Å². The first-order chi connectivity index (χ1) is 12.7. The predicted molar refractivity (Wildman–Crippen MR) is 103 cm³/mol. The Morgan fingerprint density at radius 2 is 1.85 bits per heavy atom. The van der Waals surface area contributed by atoms with E-state index >= 15 is 0 Å². The number of nitrogens with one attached hydrogen (secondary N) is 2. The first kappa shape index (κ1) is 18.9. The van der Waals surface area contributed by atoms with Gasteiger partial charge in [0.1, 0.15) is 0 Å². The molecule has 2 N–H and O–H groups in total. The average Bonchev–Trinajstić information content (AvgIpc) is 2.68. The molecule has 0 aliphatic carbocycles. The molecule has 2 fully saturated rings. The SMILES string of the molecule is CC(CNC(=O)NC1CCN(c2ncccn2)CC1)CN1CCCCC1. The number of piperidine rings is 2. The minimum absolute atomic E-state index is 0.0371. The van der Waals surface area contributed by atoms with Gasteiger partial charge >= 0.3 is 6.03 Å². The van der Waals surface area contributed by atoms with Gasteiger partial charge in [-0.3, -0.25) is 0 Å². The van der Waals surface area contributed by atoms with Crippen LogP contribution in [0.1, 0.15) is 39.0 Å². The molecule has 7 nitrogen and oxygen atoms in total. The van der Waals surface area contributed by atoms with Gasteiger partial charge in [-0.15, -0.1) is 0 Å². The third kappa shape index (κ3) is 5.83. The molecule has 1 unspecified atom stereocenters.